The van der Waals surface area contributed by atoms with Crippen LogP contribution < -0.4 is 5.32 Å². The van der Waals surface area contributed by atoms with E-state index in [2.05, 4.69) is 21.2 Å². The van der Waals surface area contributed by atoms with Gasteiger partial charge in [0.15, 0.2) is 0 Å². The standard InChI is InChI=1S/C18H26ClN3O2/c1-15(23)20-13-18(5-10-24-14-18)22-8-6-21(7-9-22)12-16-3-2-4-17(19)11-16/h2-4,11H,5-10,12-14H2,1H3,(H,20,23). The zero-order valence-electron chi connectivity index (χ0n) is 14.3. The predicted molar refractivity (Wildman–Crippen MR) is 95.2 cm³/mol. The van der Waals surface area contributed by atoms with Crippen LogP contribution in [0.2, 0.25) is 5.02 Å². The number of nitrogens with zero attached hydrogens (tertiary/aromatic N) is 2. The molecule has 5 nitrogen and oxygen atoms in total. The summed E-state index contributed by atoms with van der Waals surface area (Å²) in [6, 6.07) is 8.08. The molecule has 0 aromatic heterocycles. The van der Waals surface area contributed by atoms with Gasteiger partial charge in [-0.05, 0) is 24.1 Å². The molecular formula is C18H26ClN3O2. The summed E-state index contributed by atoms with van der Waals surface area (Å²) in [7, 11) is 0. The van der Waals surface area contributed by atoms with Gasteiger partial charge in [0, 0.05) is 57.8 Å². The van der Waals surface area contributed by atoms with Crippen LogP contribution in [0.3, 0.4) is 0 Å². The summed E-state index contributed by atoms with van der Waals surface area (Å²) in [5.74, 6) is 0.0286. The number of hydrogen-bond donors (Lipinski definition) is 1. The van der Waals surface area contributed by atoms with Crippen molar-refractivity contribution in [3.05, 3.63) is 34.9 Å². The van der Waals surface area contributed by atoms with Crippen molar-refractivity contribution in [2.75, 3.05) is 45.9 Å². The molecular weight excluding hydrogens is 326 g/mol. The van der Waals surface area contributed by atoms with Crippen LogP contribution in [0, 0.1) is 0 Å². The Labute approximate surface area is 148 Å². The van der Waals surface area contributed by atoms with Crippen molar-refractivity contribution in [2.24, 2.45) is 0 Å². The zero-order valence-corrected chi connectivity index (χ0v) is 15.0. The van der Waals surface area contributed by atoms with Gasteiger partial charge in [-0.3, -0.25) is 14.6 Å². The van der Waals surface area contributed by atoms with Gasteiger partial charge in [0.1, 0.15) is 0 Å². The lowest BCUT2D eigenvalue weighted by Gasteiger charge is -2.45. The Hall–Kier alpha value is -1.14. The number of hydrogen-bond acceptors (Lipinski definition) is 4. The summed E-state index contributed by atoms with van der Waals surface area (Å²) in [6.45, 7) is 8.73. The van der Waals surface area contributed by atoms with E-state index < -0.39 is 0 Å². The first kappa shape index (κ1) is 17.7. The van der Waals surface area contributed by atoms with Gasteiger partial charge in [0.05, 0.1) is 12.1 Å². The minimum absolute atomic E-state index is 0.0286. The van der Waals surface area contributed by atoms with Crippen LogP contribution in [0.15, 0.2) is 24.3 Å². The molecule has 1 unspecified atom stereocenters. The number of carbonyl (C=O) groups excluding carboxylic acids is 1. The lowest BCUT2D eigenvalue weighted by Crippen LogP contribution is -2.61. The topological polar surface area (TPSA) is 44.8 Å². The molecule has 1 N–H and O–H groups in total. The minimum atomic E-state index is -0.0339. The smallest absolute Gasteiger partial charge is 0.216 e. The Bertz CT molecular complexity index is 567. The average Bonchev–Trinajstić information content (AvgIpc) is 3.04. The quantitative estimate of drug-likeness (QED) is 0.878. The molecule has 6 heteroatoms. The Balaban J connectivity index is 1.56. The highest BCUT2D eigenvalue weighted by atomic mass is 35.5. The summed E-state index contributed by atoms with van der Waals surface area (Å²) in [5.41, 5.74) is 1.22. The number of piperazine rings is 1. The highest BCUT2D eigenvalue weighted by Gasteiger charge is 2.41. The van der Waals surface area contributed by atoms with Crippen molar-refractivity contribution < 1.29 is 9.53 Å². The van der Waals surface area contributed by atoms with Crippen LogP contribution in [-0.2, 0) is 16.1 Å². The molecule has 3 rings (SSSR count). The Morgan fingerprint density at radius 2 is 2.12 bits per heavy atom. The van der Waals surface area contributed by atoms with Gasteiger partial charge in [0.2, 0.25) is 5.91 Å². The molecule has 1 aromatic rings. The summed E-state index contributed by atoms with van der Waals surface area (Å²) >= 11 is 6.08. The molecule has 2 aliphatic rings. The van der Waals surface area contributed by atoms with Gasteiger partial charge in [0.25, 0.3) is 0 Å². The summed E-state index contributed by atoms with van der Waals surface area (Å²) < 4.78 is 5.66. The molecule has 2 fully saturated rings. The normalized spacial score (nSPS) is 25.8. The molecule has 24 heavy (non-hydrogen) atoms. The largest absolute Gasteiger partial charge is 0.379 e. The van der Waals surface area contributed by atoms with E-state index in [1.54, 1.807) is 6.92 Å². The second-order valence-corrected chi connectivity index (χ2v) is 7.27. The van der Waals surface area contributed by atoms with Crippen LogP contribution in [0.25, 0.3) is 0 Å². The number of halogens is 1. The van der Waals surface area contributed by atoms with E-state index in [-0.39, 0.29) is 11.4 Å². The summed E-state index contributed by atoms with van der Waals surface area (Å²) in [4.78, 5) is 16.3. The van der Waals surface area contributed by atoms with Crippen molar-refractivity contribution in [3.8, 4) is 0 Å². The maximum Gasteiger partial charge on any atom is 0.216 e. The van der Waals surface area contributed by atoms with Gasteiger partial charge in [-0.2, -0.15) is 0 Å². The zero-order chi connectivity index (χ0) is 17.0. The summed E-state index contributed by atoms with van der Waals surface area (Å²) in [6.07, 6.45) is 0.988. The molecule has 1 aromatic carbocycles. The molecule has 2 heterocycles. The average molecular weight is 352 g/mol. The van der Waals surface area contributed by atoms with Gasteiger partial charge in [-0.25, -0.2) is 0 Å². The number of nitrogens with one attached hydrogen (secondary N) is 1. The van der Waals surface area contributed by atoms with Crippen molar-refractivity contribution in [1.29, 1.82) is 0 Å². The van der Waals surface area contributed by atoms with Crippen LogP contribution in [0.4, 0.5) is 0 Å². The van der Waals surface area contributed by atoms with Gasteiger partial charge >= 0.3 is 0 Å². The monoisotopic (exact) mass is 351 g/mol. The van der Waals surface area contributed by atoms with E-state index in [0.717, 1.165) is 50.8 Å². The fourth-order valence-electron chi connectivity index (χ4n) is 3.66. The molecule has 0 radical (unpaired) electrons. The van der Waals surface area contributed by atoms with E-state index in [9.17, 15) is 4.79 Å². The van der Waals surface area contributed by atoms with Gasteiger partial charge in [-0.1, -0.05) is 23.7 Å². The van der Waals surface area contributed by atoms with Crippen LogP contribution >= 0.6 is 11.6 Å². The molecule has 1 atom stereocenters. The number of benzene rings is 1. The molecule has 2 saturated heterocycles. The number of amides is 1. The molecule has 0 bridgehead atoms. The molecule has 0 saturated carbocycles. The maximum atomic E-state index is 11.3. The van der Waals surface area contributed by atoms with Crippen molar-refractivity contribution >= 4 is 17.5 Å². The molecule has 0 aliphatic carbocycles. The van der Waals surface area contributed by atoms with E-state index in [4.69, 9.17) is 16.3 Å². The first-order valence-corrected chi connectivity index (χ1v) is 8.99. The van der Waals surface area contributed by atoms with Crippen molar-refractivity contribution in [2.45, 2.75) is 25.4 Å². The number of carbonyl (C=O) groups is 1. The molecule has 132 valence electrons. The van der Waals surface area contributed by atoms with Crippen LogP contribution in [0.5, 0.6) is 0 Å². The van der Waals surface area contributed by atoms with Crippen molar-refractivity contribution in [1.82, 2.24) is 15.1 Å². The first-order valence-electron chi connectivity index (χ1n) is 8.61. The third kappa shape index (κ3) is 4.28. The van der Waals surface area contributed by atoms with E-state index in [0.29, 0.717) is 13.2 Å². The lowest BCUT2D eigenvalue weighted by molar-refractivity contribution is -0.119. The number of rotatable bonds is 5. The van der Waals surface area contributed by atoms with Gasteiger partial charge < -0.3 is 10.1 Å². The number of ether oxygens (including phenoxy) is 1. The second kappa shape index (κ2) is 7.83. The third-order valence-electron chi connectivity index (χ3n) is 5.09. The Kier molecular flexibility index (Phi) is 5.76. The first-order chi connectivity index (χ1) is 11.6. The fraction of sp³-hybridized carbons (Fsp3) is 0.611. The Morgan fingerprint density at radius 3 is 2.75 bits per heavy atom. The second-order valence-electron chi connectivity index (χ2n) is 6.83. The lowest BCUT2D eigenvalue weighted by atomic mass is 9.94. The maximum absolute atomic E-state index is 11.3. The van der Waals surface area contributed by atoms with Crippen molar-refractivity contribution in [3.63, 3.8) is 0 Å². The van der Waals surface area contributed by atoms with E-state index >= 15 is 0 Å². The summed E-state index contributed by atoms with van der Waals surface area (Å²) in [5, 5.41) is 3.79. The van der Waals surface area contributed by atoms with Gasteiger partial charge in [-0.15, -0.1) is 0 Å². The molecule has 2 aliphatic heterocycles. The van der Waals surface area contributed by atoms with E-state index in [1.807, 2.05) is 18.2 Å². The molecule has 1 amide bonds. The fourth-order valence-corrected chi connectivity index (χ4v) is 3.87. The van der Waals surface area contributed by atoms with E-state index in [1.165, 1.54) is 5.56 Å². The third-order valence-corrected chi connectivity index (χ3v) is 5.32. The highest BCUT2D eigenvalue weighted by Crippen LogP contribution is 2.27. The Morgan fingerprint density at radius 1 is 1.33 bits per heavy atom. The highest BCUT2D eigenvalue weighted by molar-refractivity contribution is 6.30. The SMILES string of the molecule is CC(=O)NCC1(N2CCN(Cc3cccc(Cl)c3)CC2)CCOC1. The molecule has 0 spiro atoms. The minimum Gasteiger partial charge on any atom is -0.379 e. The van der Waals surface area contributed by atoms with Crippen LogP contribution in [-0.4, -0.2) is 67.2 Å². The predicted octanol–water partition coefficient (Wildman–Crippen LogP) is 1.75. The van der Waals surface area contributed by atoms with Crippen LogP contribution in [0.1, 0.15) is 18.9 Å².